The van der Waals surface area contributed by atoms with Gasteiger partial charge in [-0.25, -0.2) is 27.9 Å². The summed E-state index contributed by atoms with van der Waals surface area (Å²) in [5.41, 5.74) is 6.58. The van der Waals surface area contributed by atoms with E-state index in [0.717, 1.165) is 12.1 Å². The van der Waals surface area contributed by atoms with E-state index in [1.807, 2.05) is 0 Å². The molecule has 2 aromatic heterocycles. The Labute approximate surface area is 118 Å². The smallest absolute Gasteiger partial charge is 0.238 e. The maximum Gasteiger partial charge on any atom is 0.238 e. The van der Waals surface area contributed by atoms with Gasteiger partial charge in [0.2, 0.25) is 10.0 Å². The molecule has 0 saturated heterocycles. The summed E-state index contributed by atoms with van der Waals surface area (Å²) in [6.45, 7) is 0. The summed E-state index contributed by atoms with van der Waals surface area (Å²) in [4.78, 5) is 7.39. The third-order valence-electron chi connectivity index (χ3n) is 2.87. The number of anilines is 1. The van der Waals surface area contributed by atoms with Crippen molar-refractivity contribution in [3.8, 4) is 11.3 Å². The number of nitrogens with two attached hydrogens (primary N) is 2. The standard InChI is InChI=1S/C11H9FN6O2S/c12-6-1-5(2-7(3-6)21(14,19)20)9-8-10(13)15-4-16-11(8)18-17-9/h1-4H,(H2,14,19,20)(H3,13,15,16,17,18). The van der Waals surface area contributed by atoms with Crippen LogP contribution in [0.5, 0.6) is 0 Å². The first kappa shape index (κ1) is 13.4. The normalized spacial score (nSPS) is 11.9. The van der Waals surface area contributed by atoms with Crippen molar-refractivity contribution < 1.29 is 12.8 Å². The number of rotatable bonds is 2. The van der Waals surface area contributed by atoms with Crippen LogP contribution in [0.2, 0.25) is 0 Å². The molecular weight excluding hydrogens is 299 g/mol. The first-order valence-corrected chi connectivity index (χ1v) is 7.19. The highest BCUT2D eigenvalue weighted by Crippen LogP contribution is 2.30. The number of halogens is 1. The second kappa shape index (κ2) is 4.46. The van der Waals surface area contributed by atoms with E-state index in [1.54, 1.807) is 0 Å². The Hall–Kier alpha value is -2.59. The summed E-state index contributed by atoms with van der Waals surface area (Å²) in [5.74, 6) is -0.611. The maximum atomic E-state index is 13.6. The van der Waals surface area contributed by atoms with Gasteiger partial charge in [-0.1, -0.05) is 0 Å². The molecule has 3 aromatic rings. The number of aromatic nitrogens is 4. The van der Waals surface area contributed by atoms with E-state index < -0.39 is 15.8 Å². The predicted octanol–water partition coefficient (Wildman–Crippen LogP) is 0.389. The van der Waals surface area contributed by atoms with Crippen molar-refractivity contribution in [3.05, 3.63) is 30.3 Å². The van der Waals surface area contributed by atoms with Gasteiger partial charge in [0.1, 0.15) is 18.0 Å². The lowest BCUT2D eigenvalue weighted by Crippen LogP contribution is -2.12. The van der Waals surface area contributed by atoms with Gasteiger partial charge in [-0.15, -0.1) is 0 Å². The molecule has 0 aliphatic heterocycles. The monoisotopic (exact) mass is 308 g/mol. The lowest BCUT2D eigenvalue weighted by Gasteiger charge is -2.04. The fourth-order valence-corrected chi connectivity index (χ4v) is 2.53. The topological polar surface area (TPSA) is 141 Å². The van der Waals surface area contributed by atoms with Crippen molar-refractivity contribution in [3.63, 3.8) is 0 Å². The van der Waals surface area contributed by atoms with Crippen molar-refractivity contribution in [1.29, 1.82) is 0 Å². The van der Waals surface area contributed by atoms with E-state index in [1.165, 1.54) is 12.4 Å². The van der Waals surface area contributed by atoms with Crippen molar-refractivity contribution in [1.82, 2.24) is 20.2 Å². The number of aromatic amines is 1. The van der Waals surface area contributed by atoms with Crippen LogP contribution in [0.25, 0.3) is 22.3 Å². The molecule has 3 rings (SSSR count). The molecule has 2 heterocycles. The molecule has 0 atom stereocenters. The molecule has 8 nitrogen and oxygen atoms in total. The van der Waals surface area contributed by atoms with Crippen LogP contribution < -0.4 is 10.9 Å². The quantitative estimate of drug-likeness (QED) is 0.625. The Kier molecular flexibility index (Phi) is 2.85. The zero-order chi connectivity index (χ0) is 15.2. The second-order valence-electron chi connectivity index (χ2n) is 4.28. The van der Waals surface area contributed by atoms with E-state index in [4.69, 9.17) is 10.9 Å². The number of H-pyrrole nitrogens is 1. The van der Waals surface area contributed by atoms with E-state index in [-0.39, 0.29) is 16.3 Å². The van der Waals surface area contributed by atoms with Crippen LogP contribution in [0.15, 0.2) is 29.4 Å². The van der Waals surface area contributed by atoms with Crippen molar-refractivity contribution >= 4 is 26.9 Å². The molecule has 0 aliphatic carbocycles. The number of nitrogens with zero attached hydrogens (tertiary/aromatic N) is 3. The van der Waals surface area contributed by atoms with Crippen LogP contribution in [0.4, 0.5) is 10.2 Å². The van der Waals surface area contributed by atoms with Gasteiger partial charge < -0.3 is 5.73 Å². The highest BCUT2D eigenvalue weighted by molar-refractivity contribution is 7.89. The minimum absolute atomic E-state index is 0.144. The molecule has 10 heteroatoms. The number of primary sulfonamides is 1. The SMILES string of the molecule is Nc1ncnc2n[nH]c(-c3cc(F)cc(S(N)(=O)=O)c3)c12. The Morgan fingerprint density at radius 1 is 1.19 bits per heavy atom. The summed E-state index contributed by atoms with van der Waals surface area (Å²) >= 11 is 0. The fourth-order valence-electron chi connectivity index (χ4n) is 1.96. The lowest BCUT2D eigenvalue weighted by atomic mass is 10.1. The lowest BCUT2D eigenvalue weighted by molar-refractivity contribution is 0.592. The summed E-state index contributed by atoms with van der Waals surface area (Å²) in [7, 11) is -4.04. The maximum absolute atomic E-state index is 13.6. The molecule has 0 unspecified atom stereocenters. The van der Waals surface area contributed by atoms with E-state index >= 15 is 0 Å². The van der Waals surface area contributed by atoms with Gasteiger partial charge >= 0.3 is 0 Å². The zero-order valence-electron chi connectivity index (χ0n) is 10.4. The van der Waals surface area contributed by atoms with E-state index in [9.17, 15) is 12.8 Å². The van der Waals surface area contributed by atoms with Crippen LogP contribution in [0, 0.1) is 5.82 Å². The molecule has 0 aliphatic rings. The largest absolute Gasteiger partial charge is 0.383 e. The third kappa shape index (κ3) is 2.30. The summed E-state index contributed by atoms with van der Waals surface area (Å²) < 4.78 is 36.4. The van der Waals surface area contributed by atoms with Gasteiger partial charge in [0.25, 0.3) is 0 Å². The number of sulfonamides is 1. The molecule has 0 bridgehead atoms. The summed E-state index contributed by atoms with van der Waals surface area (Å²) in [5, 5.41) is 12.0. The second-order valence-corrected chi connectivity index (χ2v) is 5.84. The fraction of sp³-hybridized carbons (Fsp3) is 0. The number of nitrogens with one attached hydrogen (secondary N) is 1. The van der Waals surface area contributed by atoms with Crippen LogP contribution in [0.3, 0.4) is 0 Å². The van der Waals surface area contributed by atoms with Crippen molar-refractivity contribution in [2.45, 2.75) is 4.90 Å². The van der Waals surface area contributed by atoms with Crippen molar-refractivity contribution in [2.24, 2.45) is 5.14 Å². The van der Waals surface area contributed by atoms with Crippen LogP contribution >= 0.6 is 0 Å². The average molecular weight is 308 g/mol. The van der Waals surface area contributed by atoms with Gasteiger partial charge in [-0.2, -0.15) is 5.10 Å². The highest BCUT2D eigenvalue weighted by Gasteiger charge is 2.17. The Morgan fingerprint density at radius 2 is 1.95 bits per heavy atom. The molecule has 1 aromatic carbocycles. The summed E-state index contributed by atoms with van der Waals surface area (Å²) in [6.07, 6.45) is 1.24. The predicted molar refractivity (Wildman–Crippen MR) is 72.9 cm³/mol. The Morgan fingerprint density at radius 3 is 2.67 bits per heavy atom. The van der Waals surface area contributed by atoms with Gasteiger partial charge in [0.15, 0.2) is 5.65 Å². The number of hydrogen-bond donors (Lipinski definition) is 3. The number of nitrogen functional groups attached to an aromatic ring is 1. The van der Waals surface area contributed by atoms with Crippen molar-refractivity contribution in [2.75, 3.05) is 5.73 Å². The third-order valence-corrected chi connectivity index (χ3v) is 3.76. The first-order chi connectivity index (χ1) is 9.86. The molecule has 21 heavy (non-hydrogen) atoms. The summed E-state index contributed by atoms with van der Waals surface area (Å²) in [6, 6.07) is 3.18. The van der Waals surface area contributed by atoms with Crippen LogP contribution in [0.1, 0.15) is 0 Å². The van der Waals surface area contributed by atoms with Gasteiger partial charge in [0, 0.05) is 5.56 Å². The molecule has 0 saturated carbocycles. The average Bonchev–Trinajstić information content (AvgIpc) is 2.82. The molecule has 5 N–H and O–H groups in total. The minimum atomic E-state index is -4.04. The highest BCUT2D eigenvalue weighted by atomic mass is 32.2. The molecule has 0 fully saturated rings. The Balaban J connectivity index is 2.31. The number of benzene rings is 1. The Bertz CT molecular complexity index is 953. The van der Waals surface area contributed by atoms with Crippen LogP contribution in [-0.4, -0.2) is 28.6 Å². The molecule has 108 valence electrons. The van der Waals surface area contributed by atoms with Gasteiger partial charge in [-0.3, -0.25) is 5.10 Å². The number of hydrogen-bond acceptors (Lipinski definition) is 6. The van der Waals surface area contributed by atoms with Gasteiger partial charge in [-0.05, 0) is 18.2 Å². The van der Waals surface area contributed by atoms with Gasteiger partial charge in [0.05, 0.1) is 16.0 Å². The van der Waals surface area contributed by atoms with E-state index in [2.05, 4.69) is 20.2 Å². The van der Waals surface area contributed by atoms with Crippen LogP contribution in [-0.2, 0) is 10.0 Å². The first-order valence-electron chi connectivity index (χ1n) is 5.64. The molecule has 0 spiro atoms. The zero-order valence-corrected chi connectivity index (χ0v) is 11.2. The van der Waals surface area contributed by atoms with E-state index in [0.29, 0.717) is 16.7 Å². The molecule has 0 radical (unpaired) electrons. The molecule has 0 amide bonds. The minimum Gasteiger partial charge on any atom is -0.383 e. The molecular formula is C11H9FN6O2S. The number of fused-ring (bicyclic) bond motifs is 1.